The quantitative estimate of drug-likeness (QED) is 0.237. The number of H-pyrrole nitrogens is 1. The van der Waals surface area contributed by atoms with E-state index in [0.717, 1.165) is 12.6 Å². The molecule has 0 amide bonds. The van der Waals surface area contributed by atoms with Crippen molar-refractivity contribution in [2.75, 3.05) is 37.6 Å². The summed E-state index contributed by atoms with van der Waals surface area (Å²) in [7, 11) is 3.98. The predicted octanol–water partition coefficient (Wildman–Crippen LogP) is 4.72. The Balaban J connectivity index is 1.90. The molecule has 4 N–H and O–H groups in total. The van der Waals surface area contributed by atoms with Crippen LogP contribution in [-0.2, 0) is 0 Å². The number of rotatable bonds is 7. The Kier molecular flexibility index (Phi) is 6.49. The molecule has 0 spiro atoms. The normalized spacial score (nSPS) is 11.9. The third kappa shape index (κ3) is 5.12. The third-order valence-electron chi connectivity index (χ3n) is 4.69. The molecular formula is C21H25ClF2N6O. The van der Waals surface area contributed by atoms with Gasteiger partial charge >= 0.3 is 0 Å². The number of hydrogen-bond donors (Lipinski definition) is 4. The van der Waals surface area contributed by atoms with Gasteiger partial charge in [-0.05, 0) is 49.8 Å². The Bertz CT molecular complexity index is 1110. The number of benzene rings is 2. The largest absolute Gasteiger partial charge is 0.355 e. The number of fused-ring (bicyclic) bond motifs is 1. The van der Waals surface area contributed by atoms with Crippen molar-refractivity contribution in [2.24, 2.45) is 5.41 Å². The van der Waals surface area contributed by atoms with Crippen LogP contribution in [0.2, 0.25) is 5.02 Å². The summed E-state index contributed by atoms with van der Waals surface area (Å²) in [5, 5.41) is 22.4. The maximum atomic E-state index is 14.4. The Morgan fingerprint density at radius 3 is 2.55 bits per heavy atom. The molecule has 1 aromatic heterocycles. The number of aromatic amines is 1. The highest BCUT2D eigenvalue weighted by Crippen LogP contribution is 2.27. The number of nitrogens with zero attached hydrogens (tertiary/aromatic N) is 3. The van der Waals surface area contributed by atoms with Gasteiger partial charge in [0.15, 0.2) is 11.7 Å². The fourth-order valence-electron chi connectivity index (χ4n) is 3.44. The van der Waals surface area contributed by atoms with Crippen molar-refractivity contribution in [1.82, 2.24) is 14.9 Å². The SMILES string of the molecule is CN(C)CC(C)(C)CNc1nc2c(F)ccc(C(=N)N(O)c3ccc(F)c(Cl)c3)c2[nH]1. The van der Waals surface area contributed by atoms with E-state index in [1.807, 2.05) is 14.1 Å². The number of halogens is 3. The van der Waals surface area contributed by atoms with Gasteiger partial charge in [0.25, 0.3) is 0 Å². The molecule has 3 rings (SSSR count). The van der Waals surface area contributed by atoms with Gasteiger partial charge < -0.3 is 15.2 Å². The second-order valence-electron chi connectivity index (χ2n) is 8.42. The minimum absolute atomic E-state index is 0.0423. The van der Waals surface area contributed by atoms with E-state index in [4.69, 9.17) is 17.0 Å². The van der Waals surface area contributed by atoms with Crippen molar-refractivity contribution in [1.29, 1.82) is 5.41 Å². The van der Waals surface area contributed by atoms with E-state index in [-0.39, 0.29) is 38.6 Å². The summed E-state index contributed by atoms with van der Waals surface area (Å²) in [5.74, 6) is -1.19. The van der Waals surface area contributed by atoms with Crippen LogP contribution in [0.3, 0.4) is 0 Å². The minimum Gasteiger partial charge on any atom is -0.355 e. The first kappa shape index (κ1) is 22.9. The van der Waals surface area contributed by atoms with Crippen LogP contribution in [0.4, 0.5) is 20.4 Å². The molecule has 2 aromatic carbocycles. The summed E-state index contributed by atoms with van der Waals surface area (Å²) < 4.78 is 27.8. The first-order valence-electron chi connectivity index (χ1n) is 9.58. The molecule has 10 heteroatoms. The van der Waals surface area contributed by atoms with Gasteiger partial charge in [0.2, 0.25) is 5.95 Å². The van der Waals surface area contributed by atoms with E-state index in [0.29, 0.717) is 17.6 Å². The van der Waals surface area contributed by atoms with Crippen LogP contribution in [0.15, 0.2) is 30.3 Å². The van der Waals surface area contributed by atoms with Gasteiger partial charge in [-0.25, -0.2) is 18.8 Å². The number of hydroxylamine groups is 1. The molecule has 166 valence electrons. The highest BCUT2D eigenvalue weighted by Gasteiger charge is 2.22. The van der Waals surface area contributed by atoms with Gasteiger partial charge in [-0.15, -0.1) is 0 Å². The third-order valence-corrected chi connectivity index (χ3v) is 4.98. The number of hydrogen-bond acceptors (Lipinski definition) is 5. The van der Waals surface area contributed by atoms with Crippen LogP contribution in [0.5, 0.6) is 0 Å². The molecule has 0 saturated heterocycles. The van der Waals surface area contributed by atoms with Crippen LogP contribution in [0, 0.1) is 22.5 Å². The van der Waals surface area contributed by atoms with Crippen LogP contribution < -0.4 is 10.4 Å². The fourth-order valence-corrected chi connectivity index (χ4v) is 3.61. The van der Waals surface area contributed by atoms with Crippen molar-refractivity contribution in [3.8, 4) is 0 Å². The summed E-state index contributed by atoms with van der Waals surface area (Å²) in [6.45, 7) is 5.62. The van der Waals surface area contributed by atoms with Gasteiger partial charge in [0.05, 0.1) is 16.2 Å². The molecule has 1 heterocycles. The average molecular weight is 451 g/mol. The molecule has 0 aliphatic carbocycles. The zero-order valence-corrected chi connectivity index (χ0v) is 18.5. The number of anilines is 2. The van der Waals surface area contributed by atoms with Crippen molar-refractivity contribution in [3.63, 3.8) is 0 Å². The maximum absolute atomic E-state index is 14.4. The molecule has 0 bridgehead atoms. The van der Waals surface area contributed by atoms with Gasteiger partial charge in [-0.3, -0.25) is 10.6 Å². The number of amidine groups is 1. The lowest BCUT2D eigenvalue weighted by atomic mass is 9.93. The van der Waals surface area contributed by atoms with E-state index < -0.39 is 11.6 Å². The van der Waals surface area contributed by atoms with Crippen molar-refractivity contribution in [3.05, 3.63) is 52.6 Å². The molecule has 7 nitrogen and oxygen atoms in total. The van der Waals surface area contributed by atoms with E-state index in [1.165, 1.54) is 24.3 Å². The Labute approximate surface area is 184 Å². The molecule has 0 fully saturated rings. The molecule has 31 heavy (non-hydrogen) atoms. The molecule has 0 atom stereocenters. The first-order chi connectivity index (χ1) is 14.5. The molecule has 0 aliphatic heterocycles. The van der Waals surface area contributed by atoms with Crippen molar-refractivity contribution < 1.29 is 14.0 Å². The summed E-state index contributed by atoms with van der Waals surface area (Å²) >= 11 is 5.77. The van der Waals surface area contributed by atoms with Gasteiger partial charge in [-0.1, -0.05) is 25.4 Å². The average Bonchev–Trinajstić information content (AvgIpc) is 3.12. The van der Waals surface area contributed by atoms with Crippen LogP contribution in [0.1, 0.15) is 19.4 Å². The van der Waals surface area contributed by atoms with Crippen LogP contribution in [0.25, 0.3) is 11.0 Å². The van der Waals surface area contributed by atoms with Gasteiger partial charge in [0.1, 0.15) is 11.3 Å². The first-order valence-corrected chi connectivity index (χ1v) is 9.96. The molecule has 3 aromatic rings. The zero-order chi connectivity index (χ0) is 22.9. The zero-order valence-electron chi connectivity index (χ0n) is 17.7. The molecule has 0 unspecified atom stereocenters. The highest BCUT2D eigenvalue weighted by atomic mass is 35.5. The summed E-state index contributed by atoms with van der Waals surface area (Å²) in [5.41, 5.74) is 0.538. The fraction of sp³-hybridized carbons (Fsp3) is 0.333. The topological polar surface area (TPSA) is 91.3 Å². The summed E-state index contributed by atoms with van der Waals surface area (Å²) in [6, 6.07) is 6.11. The number of nitrogens with one attached hydrogen (secondary N) is 3. The van der Waals surface area contributed by atoms with Crippen LogP contribution >= 0.6 is 11.6 Å². The lowest BCUT2D eigenvalue weighted by molar-refractivity contribution is 0.254. The van der Waals surface area contributed by atoms with E-state index in [9.17, 15) is 14.0 Å². The summed E-state index contributed by atoms with van der Waals surface area (Å²) in [4.78, 5) is 9.35. The Morgan fingerprint density at radius 2 is 1.90 bits per heavy atom. The van der Waals surface area contributed by atoms with Crippen molar-refractivity contribution in [2.45, 2.75) is 13.8 Å². The molecular weight excluding hydrogens is 426 g/mol. The van der Waals surface area contributed by atoms with E-state index >= 15 is 0 Å². The number of imidazole rings is 1. The summed E-state index contributed by atoms with van der Waals surface area (Å²) in [6.07, 6.45) is 0. The molecule has 0 saturated carbocycles. The smallest absolute Gasteiger partial charge is 0.201 e. The second-order valence-corrected chi connectivity index (χ2v) is 8.83. The van der Waals surface area contributed by atoms with Gasteiger partial charge in [0, 0.05) is 18.7 Å². The second kappa shape index (κ2) is 8.78. The Morgan fingerprint density at radius 1 is 1.23 bits per heavy atom. The standard InChI is InChI=1S/C21H25ClF2N6O/c1-21(2,11-29(3)4)10-26-20-27-17-13(6-8-16(24)18(17)28-20)19(25)30(31)12-5-7-15(23)14(22)9-12/h5-9,25,31H,10-11H2,1-4H3,(H2,26,27,28). The van der Waals surface area contributed by atoms with E-state index in [2.05, 4.69) is 34.0 Å². The molecule has 0 radical (unpaired) electrons. The predicted molar refractivity (Wildman–Crippen MR) is 119 cm³/mol. The van der Waals surface area contributed by atoms with E-state index in [1.54, 1.807) is 0 Å². The Hall–Kier alpha value is -2.75. The lowest BCUT2D eigenvalue weighted by Crippen LogP contribution is -2.34. The monoisotopic (exact) mass is 450 g/mol. The highest BCUT2D eigenvalue weighted by molar-refractivity contribution is 6.31. The maximum Gasteiger partial charge on any atom is 0.201 e. The molecule has 0 aliphatic rings. The van der Waals surface area contributed by atoms with Gasteiger partial charge in [-0.2, -0.15) is 0 Å². The number of aromatic nitrogens is 2. The van der Waals surface area contributed by atoms with Crippen LogP contribution in [-0.4, -0.2) is 53.1 Å². The van der Waals surface area contributed by atoms with Crippen molar-refractivity contribution >= 4 is 40.1 Å². The minimum atomic E-state index is -0.643. The lowest BCUT2D eigenvalue weighted by Gasteiger charge is -2.28.